The van der Waals surface area contributed by atoms with Crippen molar-refractivity contribution in [3.63, 3.8) is 0 Å². The number of fused-ring (bicyclic) bond motifs is 1. The van der Waals surface area contributed by atoms with Gasteiger partial charge < -0.3 is 52.6 Å². The molecule has 80 heavy (non-hydrogen) atoms. The Hall–Kier alpha value is -7.27. The lowest BCUT2D eigenvalue weighted by molar-refractivity contribution is -0.937. The number of thiazole rings is 1. The Bertz CT molecular complexity index is 3130. The zero-order chi connectivity index (χ0) is 56.5. The molecule has 1 unspecified atom stereocenters. The van der Waals surface area contributed by atoms with Gasteiger partial charge in [0.1, 0.15) is 70.8 Å². The number of nitrogens with zero attached hydrogens (tertiary/aromatic N) is 5. The highest BCUT2D eigenvalue weighted by Gasteiger charge is 2.56. The van der Waals surface area contributed by atoms with Gasteiger partial charge >= 0.3 is 20.0 Å². The van der Waals surface area contributed by atoms with E-state index in [0.29, 0.717) is 57.7 Å². The van der Waals surface area contributed by atoms with E-state index < -0.39 is 41.3 Å². The number of methoxy groups -OCH3 is 3. The fourth-order valence-corrected chi connectivity index (χ4v) is 12.8. The largest absolute Gasteiger partial charge is 0.541 e. The molecule has 0 aliphatic carbocycles. The maximum Gasteiger partial charge on any atom is 0.378 e. The maximum absolute atomic E-state index is 14.6. The van der Waals surface area contributed by atoms with E-state index in [4.69, 9.17) is 52.9 Å². The van der Waals surface area contributed by atoms with Crippen LogP contribution in [0.15, 0.2) is 107 Å². The summed E-state index contributed by atoms with van der Waals surface area (Å²) in [6.07, 6.45) is 2.09. The SMILES string of the molecule is [B]OC(=O)[C@H](C)O/N=C(/C(=O)NC1C(=O)N2C(C(=O)OCc3ccc(OC)cc3)=C(C[N+]3(C4CCN(C(=O)c5ccc(OCc6ccc(OC)cc6)c(OCc6ccc(OC)cc6)c5)CC4)CCCC3)CS[C@H]12)c1nc(C)sc1Cl. The summed E-state index contributed by atoms with van der Waals surface area (Å²) in [4.78, 5) is 82.5. The van der Waals surface area contributed by atoms with Gasteiger partial charge in [0, 0.05) is 55.7 Å². The predicted molar refractivity (Wildman–Crippen MR) is 300 cm³/mol. The normalized spacial score (nSPS) is 18.3. The second-order valence-electron chi connectivity index (χ2n) is 19.7. The van der Waals surface area contributed by atoms with Crippen LogP contribution in [-0.4, -0.2) is 146 Å². The second kappa shape index (κ2) is 25.9. The molecule has 4 aliphatic heterocycles. The van der Waals surface area contributed by atoms with Gasteiger partial charge in [-0.1, -0.05) is 53.2 Å². The smallest absolute Gasteiger partial charge is 0.378 e. The zero-order valence-corrected chi connectivity index (χ0v) is 47.4. The third-order valence-electron chi connectivity index (χ3n) is 14.7. The van der Waals surface area contributed by atoms with Gasteiger partial charge in [-0.3, -0.25) is 19.3 Å². The molecule has 4 aliphatic rings. The number of hydrogen-bond donors (Lipinski definition) is 1. The number of aromatic nitrogens is 1. The number of hydrogen-bond acceptors (Lipinski definition) is 17. The minimum Gasteiger partial charge on any atom is -0.541 e. The number of carbonyl (C=O) groups is 5. The Balaban J connectivity index is 0.924. The lowest BCUT2D eigenvalue weighted by atomic mass is 9.97. The van der Waals surface area contributed by atoms with Crippen molar-refractivity contribution < 1.29 is 66.4 Å². The van der Waals surface area contributed by atoms with E-state index in [-0.39, 0.29) is 53.2 Å². The molecule has 0 saturated carbocycles. The molecule has 5 aromatic rings. The van der Waals surface area contributed by atoms with Crippen molar-refractivity contribution in [3.8, 4) is 28.7 Å². The predicted octanol–water partition coefficient (Wildman–Crippen LogP) is 7.34. The van der Waals surface area contributed by atoms with E-state index in [1.54, 1.807) is 70.7 Å². The molecule has 3 fully saturated rings. The third kappa shape index (κ3) is 13.0. The molecule has 418 valence electrons. The van der Waals surface area contributed by atoms with Gasteiger partial charge in [0.2, 0.25) is 6.10 Å². The molecule has 0 spiro atoms. The van der Waals surface area contributed by atoms with Crippen LogP contribution in [-0.2, 0) is 53.2 Å². The molecule has 3 amide bonds. The number of nitrogens with one attached hydrogen (secondary N) is 1. The summed E-state index contributed by atoms with van der Waals surface area (Å²) in [6, 6.07) is 26.7. The maximum atomic E-state index is 14.6. The van der Waals surface area contributed by atoms with Crippen molar-refractivity contribution in [1.82, 2.24) is 20.1 Å². The number of likely N-dealkylation sites (tertiary alicyclic amines) is 2. The first kappa shape index (κ1) is 57.4. The van der Waals surface area contributed by atoms with Gasteiger partial charge in [0.15, 0.2) is 17.2 Å². The molecule has 3 saturated heterocycles. The van der Waals surface area contributed by atoms with Crippen LogP contribution in [0.2, 0.25) is 4.34 Å². The molecule has 2 radical (unpaired) electrons. The number of piperidine rings is 1. The van der Waals surface area contributed by atoms with Gasteiger partial charge in [0.05, 0.1) is 45.5 Å². The zero-order valence-electron chi connectivity index (χ0n) is 45.0. The van der Waals surface area contributed by atoms with Crippen LogP contribution < -0.4 is 29.0 Å². The molecular weight excluding hydrogens is 1090 g/mol. The standard InChI is InChI=1S/C57H60BClN6O13S2/c1-34(56(69)77-58)78-62-48(47-51(59)80-35(2)60-47)52(66)61-49-54(68)64-50(57(70)76-32-38-12-19-44(73-5)20-13-38)40(33-79-55(49)64)29-65(26-6-7-27-65)41-22-24-63(25-23-41)53(67)39-14-21-45(74-30-36-8-15-42(71-3)16-9-36)46(28-39)75-31-37-10-17-43(72-4)18-11-37/h8-21,28,34,41,49,55H,6-7,22-27,29-33H2,1-5H3/p+1/b62-48+/t34-,49?,55+/m0/s1. The second-order valence-corrected chi connectivity index (χ2v) is 22.6. The summed E-state index contributed by atoms with van der Waals surface area (Å²) in [5, 5.41) is 6.53. The number of benzene rings is 4. The lowest BCUT2D eigenvalue weighted by Crippen LogP contribution is -2.71. The molecule has 1 aromatic heterocycles. The number of amides is 3. The number of β-lactam (4-membered cyclic amide) rings is 1. The van der Waals surface area contributed by atoms with E-state index >= 15 is 0 Å². The first-order chi connectivity index (χ1) is 38.7. The molecule has 3 atom stereocenters. The van der Waals surface area contributed by atoms with E-state index in [1.807, 2.05) is 53.4 Å². The number of aryl methyl sites for hydroxylation is 1. The summed E-state index contributed by atoms with van der Waals surface area (Å²) < 4.78 is 39.7. The highest BCUT2D eigenvalue weighted by Crippen LogP contribution is 2.43. The molecule has 19 nitrogen and oxygen atoms in total. The van der Waals surface area contributed by atoms with Crippen molar-refractivity contribution in [3.05, 3.63) is 140 Å². The quantitative estimate of drug-likeness (QED) is 0.0180. The summed E-state index contributed by atoms with van der Waals surface area (Å²) >= 11 is 9.01. The van der Waals surface area contributed by atoms with Gasteiger partial charge in [0.25, 0.3) is 17.7 Å². The van der Waals surface area contributed by atoms with E-state index in [1.165, 1.54) is 23.6 Å². The highest BCUT2D eigenvalue weighted by molar-refractivity contribution is 8.00. The van der Waals surface area contributed by atoms with Crippen molar-refractivity contribution >= 4 is 78.1 Å². The Morgan fingerprint density at radius 1 is 0.825 bits per heavy atom. The minimum absolute atomic E-state index is 0.0126. The van der Waals surface area contributed by atoms with E-state index in [9.17, 15) is 24.0 Å². The summed E-state index contributed by atoms with van der Waals surface area (Å²) in [6.45, 7) is 6.68. The number of rotatable bonds is 22. The van der Waals surface area contributed by atoms with Crippen LogP contribution in [0.4, 0.5) is 0 Å². The van der Waals surface area contributed by atoms with Gasteiger partial charge in [-0.15, -0.1) is 23.1 Å². The van der Waals surface area contributed by atoms with Gasteiger partial charge in [-0.2, -0.15) is 0 Å². The Morgan fingerprint density at radius 2 is 1.40 bits per heavy atom. The summed E-state index contributed by atoms with van der Waals surface area (Å²) in [5.41, 5.74) is 3.57. The number of thioether (sulfide) groups is 1. The van der Waals surface area contributed by atoms with E-state index in [0.717, 1.165) is 83.9 Å². The molecular formula is C57H61BClN6O13S2+. The topological polar surface area (TPSA) is 203 Å². The third-order valence-corrected chi connectivity index (χ3v) is 17.2. The number of ether oxygens (including phenoxy) is 6. The minimum atomic E-state index is -1.30. The number of quaternary nitrogens is 1. The fraction of sp³-hybridized carbons (Fsp3) is 0.386. The first-order valence-corrected chi connectivity index (χ1v) is 28.3. The fourth-order valence-electron chi connectivity index (χ4n) is 10.4. The summed E-state index contributed by atoms with van der Waals surface area (Å²) in [7, 11) is 9.83. The van der Waals surface area contributed by atoms with E-state index in [2.05, 4.69) is 20.1 Å². The molecule has 5 heterocycles. The number of oxime groups is 1. The van der Waals surface area contributed by atoms with Crippen LogP contribution in [0.5, 0.6) is 28.7 Å². The highest BCUT2D eigenvalue weighted by atomic mass is 35.5. The van der Waals surface area contributed by atoms with Crippen molar-refractivity contribution in [2.75, 3.05) is 59.8 Å². The van der Waals surface area contributed by atoms with Crippen LogP contribution in [0.1, 0.15) is 70.4 Å². The van der Waals surface area contributed by atoms with Crippen molar-refractivity contribution in [1.29, 1.82) is 0 Å². The first-order valence-electron chi connectivity index (χ1n) is 26.1. The van der Waals surface area contributed by atoms with Crippen LogP contribution in [0.3, 0.4) is 0 Å². The van der Waals surface area contributed by atoms with Gasteiger partial charge in [-0.05, 0) is 85.1 Å². The molecule has 9 rings (SSSR count). The van der Waals surface area contributed by atoms with Gasteiger partial charge in [-0.25, -0.2) is 14.6 Å². The number of carbonyl (C=O) groups excluding carboxylic acids is 5. The average molecular weight is 1150 g/mol. The lowest BCUT2D eigenvalue weighted by Gasteiger charge is -2.51. The molecule has 1 N–H and O–H groups in total. The Kier molecular flexibility index (Phi) is 18.6. The number of halogens is 1. The molecule has 23 heteroatoms. The summed E-state index contributed by atoms with van der Waals surface area (Å²) in [5.74, 6) is 0.312. The van der Waals surface area contributed by atoms with Crippen LogP contribution >= 0.6 is 34.7 Å². The average Bonchev–Trinajstić information content (AvgIpc) is 4.22. The molecule has 0 bridgehead atoms. The monoisotopic (exact) mass is 1150 g/mol. The Labute approximate surface area is 478 Å². The molecule has 4 aromatic carbocycles. The van der Waals surface area contributed by atoms with Crippen LogP contribution in [0, 0.1) is 6.92 Å². The van der Waals surface area contributed by atoms with Crippen LogP contribution in [0.25, 0.3) is 0 Å². The van der Waals surface area contributed by atoms with Crippen molar-refractivity contribution in [2.45, 2.75) is 82.9 Å². The number of esters is 1. The Morgan fingerprint density at radius 3 is 1.95 bits per heavy atom. The van der Waals surface area contributed by atoms with Crippen molar-refractivity contribution in [2.24, 2.45) is 5.16 Å².